The Morgan fingerprint density at radius 1 is 1.36 bits per heavy atom. The minimum atomic E-state index is 0. The van der Waals surface area contributed by atoms with Crippen molar-refractivity contribution in [2.24, 2.45) is 11.3 Å². The molecule has 0 radical (unpaired) electrons. The Bertz CT molecular complexity index is 309. The zero-order valence-electron chi connectivity index (χ0n) is 9.49. The fourth-order valence-corrected chi connectivity index (χ4v) is 2.30. The standard InChI is InChI=1S/C10H17N3.H3P/c1-8(2)9(3)5-10(9,4)13-7-11-6-12-13;/h6-8H,5H2,1-4H3;1H3. The van der Waals surface area contributed by atoms with Crippen molar-refractivity contribution in [2.75, 3.05) is 0 Å². The van der Waals surface area contributed by atoms with Crippen molar-refractivity contribution >= 4 is 9.90 Å². The van der Waals surface area contributed by atoms with Gasteiger partial charge in [0.25, 0.3) is 0 Å². The first-order chi connectivity index (χ1) is 6.01. The second-order valence-electron chi connectivity index (χ2n) is 4.86. The summed E-state index contributed by atoms with van der Waals surface area (Å²) in [7, 11) is 0. The summed E-state index contributed by atoms with van der Waals surface area (Å²) >= 11 is 0. The Morgan fingerprint density at radius 3 is 2.36 bits per heavy atom. The maximum atomic E-state index is 4.23. The summed E-state index contributed by atoms with van der Waals surface area (Å²) in [5.41, 5.74) is 0.582. The van der Waals surface area contributed by atoms with Crippen molar-refractivity contribution in [1.29, 1.82) is 0 Å². The Labute approximate surface area is 88.9 Å². The highest BCUT2D eigenvalue weighted by Gasteiger charge is 2.64. The molecule has 2 rings (SSSR count). The topological polar surface area (TPSA) is 30.7 Å². The molecule has 1 aromatic heterocycles. The molecule has 0 saturated heterocycles. The maximum Gasteiger partial charge on any atom is 0.137 e. The quantitative estimate of drug-likeness (QED) is 0.704. The van der Waals surface area contributed by atoms with Gasteiger partial charge in [-0.05, 0) is 24.7 Å². The summed E-state index contributed by atoms with van der Waals surface area (Å²) in [5.74, 6) is 0.696. The van der Waals surface area contributed by atoms with Gasteiger partial charge in [-0.25, -0.2) is 9.67 Å². The lowest BCUT2D eigenvalue weighted by molar-refractivity contribution is 0.274. The second-order valence-corrected chi connectivity index (χ2v) is 4.86. The molecule has 3 unspecified atom stereocenters. The fourth-order valence-electron chi connectivity index (χ4n) is 2.30. The van der Waals surface area contributed by atoms with Crippen LogP contribution in [0.3, 0.4) is 0 Å². The van der Waals surface area contributed by atoms with Gasteiger partial charge in [0.05, 0.1) is 5.54 Å². The third kappa shape index (κ3) is 1.30. The van der Waals surface area contributed by atoms with E-state index in [4.69, 9.17) is 0 Å². The Balaban J connectivity index is 0.000000980. The van der Waals surface area contributed by atoms with Gasteiger partial charge in [-0.1, -0.05) is 20.8 Å². The average Bonchev–Trinajstić information content (AvgIpc) is 2.56. The van der Waals surface area contributed by atoms with Crippen LogP contribution in [0.5, 0.6) is 0 Å². The molecule has 14 heavy (non-hydrogen) atoms. The van der Waals surface area contributed by atoms with Crippen molar-refractivity contribution in [3.63, 3.8) is 0 Å². The van der Waals surface area contributed by atoms with E-state index in [-0.39, 0.29) is 15.4 Å². The summed E-state index contributed by atoms with van der Waals surface area (Å²) in [4.78, 5) is 4.01. The van der Waals surface area contributed by atoms with Crippen LogP contribution in [0.15, 0.2) is 12.7 Å². The van der Waals surface area contributed by atoms with E-state index >= 15 is 0 Å². The van der Waals surface area contributed by atoms with Gasteiger partial charge in [-0.3, -0.25) is 0 Å². The molecule has 3 atom stereocenters. The lowest BCUT2D eigenvalue weighted by Gasteiger charge is -2.22. The van der Waals surface area contributed by atoms with Crippen molar-refractivity contribution in [3.8, 4) is 0 Å². The molecule has 0 N–H and O–H groups in total. The monoisotopic (exact) mass is 213 g/mol. The van der Waals surface area contributed by atoms with Crippen LogP contribution in [0.25, 0.3) is 0 Å². The number of nitrogens with zero attached hydrogens (tertiary/aromatic N) is 3. The van der Waals surface area contributed by atoms with Crippen LogP contribution in [-0.2, 0) is 5.54 Å². The third-order valence-electron chi connectivity index (χ3n) is 4.02. The van der Waals surface area contributed by atoms with Crippen molar-refractivity contribution in [2.45, 2.75) is 39.7 Å². The van der Waals surface area contributed by atoms with Crippen molar-refractivity contribution in [3.05, 3.63) is 12.7 Å². The van der Waals surface area contributed by atoms with Crippen LogP contribution in [-0.4, -0.2) is 14.8 Å². The molecule has 3 nitrogen and oxygen atoms in total. The van der Waals surface area contributed by atoms with Crippen LogP contribution >= 0.6 is 9.90 Å². The molecule has 4 heteroatoms. The summed E-state index contributed by atoms with van der Waals surface area (Å²) in [6.07, 6.45) is 4.65. The molecular weight excluding hydrogens is 193 g/mol. The molecule has 1 aliphatic rings. The number of rotatable bonds is 2. The maximum absolute atomic E-state index is 4.23. The predicted molar refractivity (Wildman–Crippen MR) is 62.3 cm³/mol. The van der Waals surface area contributed by atoms with Crippen LogP contribution in [0.4, 0.5) is 0 Å². The van der Waals surface area contributed by atoms with Gasteiger partial charge in [0.15, 0.2) is 0 Å². The van der Waals surface area contributed by atoms with E-state index in [2.05, 4.69) is 37.8 Å². The zero-order chi connectivity index (χ0) is 9.69. The van der Waals surface area contributed by atoms with Crippen molar-refractivity contribution in [1.82, 2.24) is 14.8 Å². The number of hydrogen-bond donors (Lipinski definition) is 0. The fraction of sp³-hybridized carbons (Fsp3) is 0.800. The molecule has 1 heterocycles. The number of aromatic nitrogens is 3. The minimum Gasteiger partial charge on any atom is -0.247 e. The Kier molecular flexibility index (Phi) is 2.75. The third-order valence-corrected chi connectivity index (χ3v) is 4.02. The summed E-state index contributed by atoms with van der Waals surface area (Å²) in [6, 6.07) is 0. The normalized spacial score (nSPS) is 35.5. The first-order valence-corrected chi connectivity index (χ1v) is 4.86. The molecule has 1 aromatic rings. The van der Waals surface area contributed by atoms with Crippen LogP contribution in [0.2, 0.25) is 0 Å². The van der Waals surface area contributed by atoms with Gasteiger partial charge in [0, 0.05) is 0 Å². The molecule has 0 aliphatic heterocycles. The van der Waals surface area contributed by atoms with E-state index < -0.39 is 0 Å². The molecule has 1 saturated carbocycles. The number of hydrogen-bond acceptors (Lipinski definition) is 2. The van der Waals surface area contributed by atoms with Gasteiger partial charge in [0.1, 0.15) is 12.7 Å². The van der Waals surface area contributed by atoms with Gasteiger partial charge in [-0.2, -0.15) is 15.0 Å². The van der Waals surface area contributed by atoms with Gasteiger partial charge in [-0.15, -0.1) is 0 Å². The van der Waals surface area contributed by atoms with Gasteiger partial charge >= 0.3 is 0 Å². The van der Waals surface area contributed by atoms with Gasteiger partial charge < -0.3 is 0 Å². The van der Waals surface area contributed by atoms with Crippen LogP contribution in [0.1, 0.15) is 34.1 Å². The minimum absolute atomic E-state index is 0. The highest BCUT2D eigenvalue weighted by molar-refractivity contribution is 6.92. The van der Waals surface area contributed by atoms with Gasteiger partial charge in [0.2, 0.25) is 0 Å². The zero-order valence-corrected chi connectivity index (χ0v) is 10.9. The molecule has 1 aliphatic carbocycles. The Morgan fingerprint density at radius 2 is 2.00 bits per heavy atom. The second kappa shape index (κ2) is 3.30. The van der Waals surface area contributed by atoms with E-state index in [1.807, 2.05) is 11.0 Å². The van der Waals surface area contributed by atoms with Crippen LogP contribution < -0.4 is 0 Å². The highest BCUT2D eigenvalue weighted by Crippen LogP contribution is 2.64. The first kappa shape index (κ1) is 11.6. The van der Waals surface area contributed by atoms with Crippen molar-refractivity contribution < 1.29 is 0 Å². The molecule has 80 valence electrons. The van der Waals surface area contributed by atoms with E-state index in [9.17, 15) is 0 Å². The smallest absolute Gasteiger partial charge is 0.137 e. The predicted octanol–water partition coefficient (Wildman–Crippen LogP) is 2.12. The van der Waals surface area contributed by atoms with E-state index in [1.165, 1.54) is 6.42 Å². The first-order valence-electron chi connectivity index (χ1n) is 4.86. The summed E-state index contributed by atoms with van der Waals surface area (Å²) < 4.78 is 2.01. The molecule has 0 spiro atoms. The molecule has 0 aromatic carbocycles. The highest BCUT2D eigenvalue weighted by atomic mass is 31.0. The van der Waals surface area contributed by atoms with E-state index in [1.54, 1.807) is 6.33 Å². The van der Waals surface area contributed by atoms with E-state index in [0.717, 1.165) is 0 Å². The summed E-state index contributed by atoms with van der Waals surface area (Å²) in [5, 5.41) is 4.23. The average molecular weight is 213 g/mol. The lowest BCUT2D eigenvalue weighted by Crippen LogP contribution is -2.24. The molecular formula is C10H20N3P. The van der Waals surface area contributed by atoms with Crippen LogP contribution in [0, 0.1) is 11.3 Å². The summed E-state index contributed by atoms with van der Waals surface area (Å²) in [6.45, 7) is 9.16. The SMILES string of the molecule is CC(C)C1(C)CC1(C)n1cncn1.P. The largest absolute Gasteiger partial charge is 0.247 e. The Hall–Kier alpha value is -0.430. The molecule has 0 bridgehead atoms. The molecule has 0 amide bonds. The molecule has 1 fully saturated rings. The lowest BCUT2D eigenvalue weighted by atomic mass is 9.90. The van der Waals surface area contributed by atoms with E-state index in [0.29, 0.717) is 11.3 Å².